The number of esters is 1. The summed E-state index contributed by atoms with van der Waals surface area (Å²) < 4.78 is 44.7. The molecule has 184 valence electrons. The number of carbonyl (C=O) groups is 2. The van der Waals surface area contributed by atoms with Crippen LogP contribution in [0.15, 0.2) is 84.2 Å². The highest BCUT2D eigenvalue weighted by Gasteiger charge is 2.62. The molecule has 0 saturated carbocycles. The van der Waals surface area contributed by atoms with E-state index in [2.05, 4.69) is 10.1 Å². The van der Waals surface area contributed by atoms with Crippen LogP contribution in [0, 0.1) is 0 Å². The van der Waals surface area contributed by atoms with Crippen molar-refractivity contribution in [3.05, 3.63) is 95.4 Å². The second-order valence-corrected chi connectivity index (χ2v) is 9.33. The van der Waals surface area contributed by atoms with Gasteiger partial charge in [0.2, 0.25) is 0 Å². The second kappa shape index (κ2) is 8.44. The van der Waals surface area contributed by atoms with Gasteiger partial charge in [-0.3, -0.25) is 15.4 Å². The minimum Gasteiger partial charge on any atom is -0.404 e. The maximum atomic E-state index is 13.8. The van der Waals surface area contributed by atoms with Gasteiger partial charge < -0.3 is 4.74 Å². The third-order valence-electron chi connectivity index (χ3n) is 6.26. The van der Waals surface area contributed by atoms with Gasteiger partial charge in [-0.2, -0.15) is 13.2 Å². The van der Waals surface area contributed by atoms with Crippen LogP contribution in [0.5, 0.6) is 0 Å². The number of carbonyl (C=O) groups excluding carboxylic acids is 2. The average Bonchev–Trinajstić information content (AvgIpc) is 3.38. The fourth-order valence-electron chi connectivity index (χ4n) is 4.47. The van der Waals surface area contributed by atoms with E-state index in [0.717, 1.165) is 26.1 Å². The predicted octanol–water partition coefficient (Wildman–Crippen LogP) is 4.55. The van der Waals surface area contributed by atoms with E-state index in [9.17, 15) is 22.8 Å². The lowest BCUT2D eigenvalue weighted by Gasteiger charge is -2.32. The van der Waals surface area contributed by atoms with E-state index in [1.165, 1.54) is 7.05 Å². The van der Waals surface area contributed by atoms with Crippen LogP contribution in [-0.4, -0.2) is 36.0 Å². The molecular weight excluding hydrogens is 491 g/mol. The Bertz CT molecular complexity index is 1470. The zero-order chi connectivity index (χ0) is 25.7. The average molecular weight is 512 g/mol. The van der Waals surface area contributed by atoms with E-state index < -0.39 is 29.6 Å². The van der Waals surface area contributed by atoms with Crippen molar-refractivity contribution < 1.29 is 27.5 Å². The molecule has 1 aromatic heterocycles. The molecule has 1 aliphatic rings. The quantitative estimate of drug-likeness (QED) is 0.310. The summed E-state index contributed by atoms with van der Waals surface area (Å²) in [5.41, 5.74) is 6.97. The van der Waals surface area contributed by atoms with Gasteiger partial charge in [-0.25, -0.2) is 10.1 Å². The molecule has 1 amide bonds. The first-order valence-corrected chi connectivity index (χ1v) is 11.7. The van der Waals surface area contributed by atoms with Crippen LogP contribution >= 0.6 is 11.3 Å². The Labute approximate surface area is 208 Å². The number of hydrogen-bond donors (Lipinski definition) is 2. The molecule has 3 aromatic carbocycles. The largest absolute Gasteiger partial charge is 0.491 e. The van der Waals surface area contributed by atoms with Crippen molar-refractivity contribution in [3.8, 4) is 11.1 Å². The van der Waals surface area contributed by atoms with Crippen LogP contribution in [0.2, 0.25) is 0 Å². The van der Waals surface area contributed by atoms with Gasteiger partial charge in [-0.1, -0.05) is 66.7 Å². The highest BCUT2D eigenvalue weighted by molar-refractivity contribution is 7.17. The molecular formula is C26H20F3N3O3S. The summed E-state index contributed by atoms with van der Waals surface area (Å²) >= 11 is 1.58. The van der Waals surface area contributed by atoms with Crippen LogP contribution in [0.1, 0.15) is 11.1 Å². The molecule has 4 aromatic rings. The standard InChI is InChI=1S/C26H20F3N3O3S/c1-32-22(33)24(17-9-3-2-4-10-17,31-26(32,30)35-23(34)25(27,28)29)18-11-7-8-16(14-18)20-15-36-21-13-6-5-12-19(20)21/h2-15,31H,30H2,1H3. The SMILES string of the molecule is CN1C(=O)C(c2ccccc2)(c2cccc(-c3csc4ccccc34)c2)NC1(N)OC(=O)C(F)(F)F. The number of ether oxygens (including phenoxy) is 1. The highest BCUT2D eigenvalue weighted by Crippen LogP contribution is 2.42. The lowest BCUT2D eigenvalue weighted by atomic mass is 9.81. The van der Waals surface area contributed by atoms with E-state index >= 15 is 0 Å². The van der Waals surface area contributed by atoms with Crippen LogP contribution in [0.25, 0.3) is 21.2 Å². The summed E-state index contributed by atoms with van der Waals surface area (Å²) in [6.07, 6.45) is -5.30. The number of thiophene rings is 1. The smallest absolute Gasteiger partial charge is 0.404 e. The first kappa shape index (κ1) is 24.0. The van der Waals surface area contributed by atoms with Crippen molar-refractivity contribution in [2.45, 2.75) is 17.7 Å². The number of hydrogen-bond acceptors (Lipinski definition) is 6. The first-order chi connectivity index (χ1) is 17.1. The summed E-state index contributed by atoms with van der Waals surface area (Å²) in [5.74, 6) is -5.75. The van der Waals surface area contributed by atoms with E-state index in [1.54, 1.807) is 59.9 Å². The molecule has 2 heterocycles. The van der Waals surface area contributed by atoms with E-state index in [1.807, 2.05) is 35.7 Å². The number of nitrogens with two attached hydrogens (primary N) is 1. The van der Waals surface area contributed by atoms with Crippen molar-refractivity contribution in [3.63, 3.8) is 0 Å². The van der Waals surface area contributed by atoms with Crippen LogP contribution in [-0.2, 0) is 19.9 Å². The number of halogens is 3. The zero-order valence-corrected chi connectivity index (χ0v) is 19.7. The molecule has 5 rings (SSSR count). The van der Waals surface area contributed by atoms with Crippen LogP contribution < -0.4 is 11.1 Å². The summed E-state index contributed by atoms with van der Waals surface area (Å²) in [6, 6.07) is 23.4. The zero-order valence-electron chi connectivity index (χ0n) is 18.9. The lowest BCUT2D eigenvalue weighted by Crippen LogP contribution is -2.64. The third kappa shape index (κ3) is 3.74. The summed E-state index contributed by atoms with van der Waals surface area (Å²) in [7, 11) is 1.18. The molecule has 10 heteroatoms. The van der Waals surface area contributed by atoms with Crippen molar-refractivity contribution in [2.24, 2.45) is 5.73 Å². The molecule has 0 radical (unpaired) electrons. The number of nitrogens with zero attached hydrogens (tertiary/aromatic N) is 1. The van der Waals surface area contributed by atoms with E-state index in [4.69, 9.17) is 5.73 Å². The normalized spacial score (nSPS) is 22.2. The van der Waals surface area contributed by atoms with E-state index in [-0.39, 0.29) is 0 Å². The minimum atomic E-state index is -5.30. The van der Waals surface area contributed by atoms with Gasteiger partial charge in [0.1, 0.15) is 0 Å². The number of likely N-dealkylation sites (N-methyl/N-ethyl adjacent to an activating group) is 1. The highest BCUT2D eigenvalue weighted by atomic mass is 32.1. The molecule has 0 spiro atoms. The molecule has 6 nitrogen and oxygen atoms in total. The fourth-order valence-corrected chi connectivity index (χ4v) is 5.44. The summed E-state index contributed by atoms with van der Waals surface area (Å²) in [6.45, 7) is 0. The summed E-state index contributed by atoms with van der Waals surface area (Å²) in [4.78, 5) is 26.3. The molecule has 1 saturated heterocycles. The summed E-state index contributed by atoms with van der Waals surface area (Å²) in [5, 5.41) is 5.78. The lowest BCUT2D eigenvalue weighted by molar-refractivity contribution is -0.228. The topological polar surface area (TPSA) is 84.7 Å². The van der Waals surface area contributed by atoms with Gasteiger partial charge in [-0.05, 0) is 34.2 Å². The minimum absolute atomic E-state index is 0.421. The maximum Gasteiger partial charge on any atom is 0.491 e. The molecule has 1 fully saturated rings. The Hall–Kier alpha value is -3.73. The second-order valence-electron chi connectivity index (χ2n) is 8.42. The van der Waals surface area contributed by atoms with Crippen LogP contribution in [0.3, 0.4) is 0 Å². The molecule has 2 unspecified atom stereocenters. The monoisotopic (exact) mass is 511 g/mol. The molecule has 3 N–H and O–H groups in total. The predicted molar refractivity (Wildman–Crippen MR) is 129 cm³/mol. The Morgan fingerprint density at radius 3 is 2.39 bits per heavy atom. The molecule has 2 atom stereocenters. The number of benzene rings is 3. The Kier molecular flexibility index (Phi) is 5.62. The maximum absolute atomic E-state index is 13.8. The van der Waals surface area contributed by atoms with E-state index in [0.29, 0.717) is 11.1 Å². The Morgan fingerprint density at radius 2 is 1.67 bits per heavy atom. The number of nitrogens with one attached hydrogen (secondary N) is 1. The molecule has 0 bridgehead atoms. The van der Waals surface area contributed by atoms with Crippen molar-refractivity contribution in [1.82, 2.24) is 10.2 Å². The number of amides is 1. The molecule has 1 aliphatic heterocycles. The van der Waals surface area contributed by atoms with Gasteiger partial charge in [0.25, 0.3) is 5.91 Å². The fraction of sp³-hybridized carbons (Fsp3) is 0.154. The van der Waals surface area contributed by atoms with Crippen molar-refractivity contribution >= 4 is 33.3 Å². The third-order valence-corrected chi connectivity index (χ3v) is 7.23. The molecule has 0 aliphatic carbocycles. The first-order valence-electron chi connectivity index (χ1n) is 10.9. The van der Waals surface area contributed by atoms with Gasteiger partial charge in [0.15, 0.2) is 5.54 Å². The molecule has 36 heavy (non-hydrogen) atoms. The van der Waals surface area contributed by atoms with Gasteiger partial charge in [0.05, 0.1) is 0 Å². The van der Waals surface area contributed by atoms with Crippen molar-refractivity contribution in [1.29, 1.82) is 0 Å². The van der Waals surface area contributed by atoms with Crippen LogP contribution in [0.4, 0.5) is 13.2 Å². The van der Waals surface area contributed by atoms with Gasteiger partial charge >= 0.3 is 18.1 Å². The number of fused-ring (bicyclic) bond motifs is 1. The van der Waals surface area contributed by atoms with Crippen molar-refractivity contribution in [2.75, 3.05) is 7.05 Å². The Balaban J connectivity index is 1.67. The number of rotatable bonds is 4. The Morgan fingerprint density at radius 1 is 1.00 bits per heavy atom. The number of alkyl halides is 3. The van der Waals surface area contributed by atoms with Gasteiger partial charge in [0, 0.05) is 22.7 Å². The van der Waals surface area contributed by atoms with Gasteiger partial charge in [-0.15, -0.1) is 11.3 Å².